The summed E-state index contributed by atoms with van der Waals surface area (Å²) < 4.78 is 4.64. The van der Waals surface area contributed by atoms with Crippen LogP contribution in [0.25, 0.3) is 44.4 Å². The van der Waals surface area contributed by atoms with Crippen LogP contribution in [-0.2, 0) is 25.7 Å². The Balaban J connectivity index is 0.000000856. The Kier molecular flexibility index (Phi) is 21.0. The van der Waals surface area contributed by atoms with E-state index in [1.165, 1.54) is 13.5 Å². The maximum absolute atomic E-state index is 13.2. The summed E-state index contributed by atoms with van der Waals surface area (Å²) in [5, 5.41) is 22.4. The van der Waals surface area contributed by atoms with Gasteiger partial charge in [0.1, 0.15) is 25.0 Å². The van der Waals surface area contributed by atoms with Crippen molar-refractivity contribution in [3.63, 3.8) is 0 Å². The standard InChI is InChI=1S/C41H46N8O4.C3H5N.C3H8.CH4O.CH2O.CH4/c1-41(14-15-41)24-48(36(50)21-42-2)23-35-43-19-34(46-35)30-11-10-28-16-27(8-9-29(28)17-30)25-4-6-26(7-5-25)33-20-44-39(47-33)38-31-12-13-32(18-31)49(38)37(51)22-45-40(52)53-3;1-2-3-4;1-3-2;2*1-2;/h4-11,16-17,19-20,31-32,38,42H,12-15,18,21-24H2,1-3H3,(H,43,46)(H,44,47)(H,45,52);2H2,1H3;3H2,1-2H3;2H,1H3;1H2;1H4/t31-,32?,38-;;;;;/m0...../s1. The number of imidazole rings is 2. The molecule has 3 fully saturated rings. The number of benzene rings is 3. The van der Waals surface area contributed by atoms with E-state index in [1.54, 1.807) is 7.05 Å². The number of aromatic amines is 2. The molecule has 5 aromatic rings. The fourth-order valence-electron chi connectivity index (χ4n) is 8.18. The van der Waals surface area contributed by atoms with Crippen LogP contribution < -0.4 is 10.6 Å². The number of ether oxygens (including phenoxy) is 1. The molecule has 3 aliphatic rings. The number of alkyl carbamates (subject to hydrolysis) is 1. The number of carbonyl (C=O) groups is 4. The van der Waals surface area contributed by atoms with Gasteiger partial charge in [0, 0.05) is 31.7 Å². The normalized spacial score (nSPS) is 16.8. The summed E-state index contributed by atoms with van der Waals surface area (Å²) in [6, 6.07) is 23.3. The molecular formula is C50H69N9O6. The number of aliphatic hydroxyl groups is 1. The zero-order valence-corrected chi connectivity index (χ0v) is 38.4. The third-order valence-electron chi connectivity index (χ3n) is 11.5. The first-order valence-electron chi connectivity index (χ1n) is 21.9. The fourth-order valence-corrected chi connectivity index (χ4v) is 8.18. The van der Waals surface area contributed by atoms with Gasteiger partial charge in [0.2, 0.25) is 11.8 Å². The number of hydrogen-bond donors (Lipinski definition) is 5. The quantitative estimate of drug-likeness (QED) is 0.0807. The minimum absolute atomic E-state index is 0. The minimum atomic E-state index is -0.613. The van der Waals surface area contributed by atoms with E-state index in [2.05, 4.69) is 112 Å². The van der Waals surface area contributed by atoms with Gasteiger partial charge in [-0.2, -0.15) is 5.26 Å². The molecule has 1 aliphatic heterocycles. The van der Waals surface area contributed by atoms with Crippen LogP contribution in [0.4, 0.5) is 4.79 Å². The van der Waals surface area contributed by atoms with Crippen molar-refractivity contribution in [2.45, 2.75) is 98.7 Å². The number of methoxy groups -OCH3 is 1. The van der Waals surface area contributed by atoms with Gasteiger partial charge >= 0.3 is 6.09 Å². The number of amides is 3. The third kappa shape index (κ3) is 13.8. The molecule has 65 heavy (non-hydrogen) atoms. The second-order valence-electron chi connectivity index (χ2n) is 16.4. The van der Waals surface area contributed by atoms with Gasteiger partial charge in [0.15, 0.2) is 0 Å². The number of aromatic nitrogens is 4. The lowest BCUT2D eigenvalue weighted by molar-refractivity contribution is -0.135. The summed E-state index contributed by atoms with van der Waals surface area (Å²) in [5.74, 6) is 1.89. The van der Waals surface area contributed by atoms with Gasteiger partial charge in [-0.1, -0.05) is 90.1 Å². The van der Waals surface area contributed by atoms with E-state index in [4.69, 9.17) is 20.1 Å². The molecule has 3 atom stereocenters. The monoisotopic (exact) mass is 892 g/mol. The minimum Gasteiger partial charge on any atom is -0.453 e. The number of nitrogens with zero attached hydrogens (tertiary/aromatic N) is 5. The van der Waals surface area contributed by atoms with E-state index >= 15 is 0 Å². The van der Waals surface area contributed by atoms with E-state index < -0.39 is 6.09 Å². The van der Waals surface area contributed by atoms with Crippen molar-refractivity contribution < 1.29 is 29.0 Å². The first kappa shape index (κ1) is 53.0. The average molecular weight is 892 g/mol. The Hall–Kier alpha value is -6.37. The summed E-state index contributed by atoms with van der Waals surface area (Å²) >= 11 is 0. The van der Waals surface area contributed by atoms with Gasteiger partial charge in [-0.25, -0.2) is 14.8 Å². The zero-order chi connectivity index (χ0) is 46.8. The molecule has 1 saturated heterocycles. The highest BCUT2D eigenvalue weighted by atomic mass is 16.5. The number of aliphatic hydroxyl groups excluding tert-OH is 1. The number of piperidine rings is 1. The Morgan fingerprint density at radius 3 is 2.08 bits per heavy atom. The highest BCUT2D eigenvalue weighted by molar-refractivity contribution is 5.90. The van der Waals surface area contributed by atoms with Gasteiger partial charge in [-0.3, -0.25) is 9.59 Å². The van der Waals surface area contributed by atoms with Crippen molar-refractivity contribution in [2.24, 2.45) is 11.3 Å². The predicted octanol–water partition coefficient (Wildman–Crippen LogP) is 8.44. The first-order chi connectivity index (χ1) is 31.0. The molecule has 1 unspecified atom stereocenters. The van der Waals surface area contributed by atoms with E-state index in [9.17, 15) is 14.4 Å². The number of carbonyl (C=O) groups excluding carboxylic acids is 4. The van der Waals surface area contributed by atoms with Gasteiger partial charge in [-0.15, -0.1) is 0 Å². The molecule has 2 saturated carbocycles. The number of likely N-dealkylation sites (tertiary alicyclic amines) is 1. The summed E-state index contributed by atoms with van der Waals surface area (Å²) in [4.78, 5) is 65.7. The molecule has 0 radical (unpaired) electrons. The van der Waals surface area contributed by atoms with E-state index in [0.717, 1.165) is 102 Å². The number of likely N-dealkylation sites (N-methyl/N-ethyl adjacent to an activating group) is 1. The van der Waals surface area contributed by atoms with Crippen molar-refractivity contribution >= 4 is 35.5 Å². The van der Waals surface area contributed by atoms with Crippen molar-refractivity contribution in [3.05, 3.63) is 84.7 Å². The van der Waals surface area contributed by atoms with Gasteiger partial charge in [0.05, 0.1) is 56.1 Å². The summed E-state index contributed by atoms with van der Waals surface area (Å²) in [5.41, 5.74) is 6.34. The van der Waals surface area contributed by atoms with Crippen LogP contribution in [0.1, 0.15) is 97.8 Å². The molecule has 15 nitrogen and oxygen atoms in total. The smallest absolute Gasteiger partial charge is 0.407 e. The van der Waals surface area contributed by atoms with Gasteiger partial charge in [0.25, 0.3) is 0 Å². The predicted molar refractivity (Wildman–Crippen MR) is 256 cm³/mol. The molecule has 2 aromatic heterocycles. The van der Waals surface area contributed by atoms with Gasteiger partial charge < -0.3 is 45.0 Å². The maximum atomic E-state index is 13.2. The highest BCUT2D eigenvalue weighted by Crippen LogP contribution is 2.50. The summed E-state index contributed by atoms with van der Waals surface area (Å²) in [7, 11) is 4.09. The van der Waals surface area contributed by atoms with Crippen LogP contribution in [0.5, 0.6) is 0 Å². The first-order valence-corrected chi connectivity index (χ1v) is 21.9. The molecule has 3 amide bonds. The number of nitriles is 1. The summed E-state index contributed by atoms with van der Waals surface area (Å²) in [6.45, 7) is 11.7. The average Bonchev–Trinajstić information content (AvgIpc) is 3.88. The molecule has 0 spiro atoms. The number of hydrogen-bond acceptors (Lipinski definition) is 10. The molecule has 3 heterocycles. The Bertz CT molecular complexity index is 2310. The third-order valence-corrected chi connectivity index (χ3v) is 11.5. The number of nitrogens with one attached hydrogen (secondary N) is 4. The second kappa shape index (κ2) is 25.8. The summed E-state index contributed by atoms with van der Waals surface area (Å²) in [6.07, 6.45) is 10.3. The largest absolute Gasteiger partial charge is 0.453 e. The lowest BCUT2D eigenvalue weighted by atomic mass is 9.97. The van der Waals surface area contributed by atoms with E-state index in [1.807, 2.05) is 42.0 Å². The van der Waals surface area contributed by atoms with Crippen LogP contribution in [-0.4, -0.2) is 106 Å². The van der Waals surface area contributed by atoms with Crippen molar-refractivity contribution in [1.82, 2.24) is 40.4 Å². The Morgan fingerprint density at radius 2 is 1.48 bits per heavy atom. The van der Waals surface area contributed by atoms with Crippen LogP contribution in [0, 0.1) is 22.7 Å². The number of H-pyrrole nitrogens is 2. The maximum Gasteiger partial charge on any atom is 0.407 e. The Morgan fingerprint density at radius 1 is 0.908 bits per heavy atom. The number of rotatable bonds is 12. The fraction of sp³-hybridized carbons (Fsp3) is 0.460. The molecule has 2 bridgehead atoms. The molecule has 5 N–H and O–H groups in total. The molecule has 15 heteroatoms. The van der Waals surface area contributed by atoms with Crippen molar-refractivity contribution in [1.29, 1.82) is 5.26 Å². The van der Waals surface area contributed by atoms with Crippen LogP contribution >= 0.6 is 0 Å². The van der Waals surface area contributed by atoms with Gasteiger partial charge in [-0.05, 0) is 90.1 Å². The molecule has 3 aromatic carbocycles. The molecular weight excluding hydrogens is 823 g/mol. The van der Waals surface area contributed by atoms with Crippen molar-refractivity contribution in [3.8, 4) is 39.7 Å². The Labute approximate surface area is 384 Å². The lowest BCUT2D eigenvalue weighted by Gasteiger charge is -2.34. The van der Waals surface area contributed by atoms with E-state index in [0.29, 0.717) is 25.4 Å². The van der Waals surface area contributed by atoms with Crippen LogP contribution in [0.2, 0.25) is 0 Å². The zero-order valence-electron chi connectivity index (χ0n) is 38.4. The van der Waals surface area contributed by atoms with Crippen LogP contribution in [0.3, 0.4) is 0 Å². The second-order valence-corrected chi connectivity index (χ2v) is 16.4. The topological polar surface area (TPSA) is 209 Å². The molecule has 2 aliphatic carbocycles. The van der Waals surface area contributed by atoms with E-state index in [-0.39, 0.29) is 43.3 Å². The number of fused-ring (bicyclic) bond motifs is 3. The SMILES string of the molecule is C.C=O.CCC.CCC#N.CNCC(=O)N(Cc1ncc(-c2ccc3cc(-c4ccc(-c5cnc([C@@H]6[C@H]7CCC(C7)N6C(=O)CNC(=O)OC)[nH]5)cc4)ccc3c2)[nH]1)CC1(C)CC1.CO. The molecule has 8 rings (SSSR count). The molecule has 350 valence electrons. The van der Waals surface area contributed by atoms with Crippen molar-refractivity contribution in [2.75, 3.05) is 40.9 Å². The highest BCUT2D eigenvalue weighted by Gasteiger charge is 2.49. The van der Waals surface area contributed by atoms with Crippen LogP contribution in [0.15, 0.2) is 73.1 Å². The lowest BCUT2D eigenvalue weighted by Crippen LogP contribution is -2.45.